The van der Waals surface area contributed by atoms with Gasteiger partial charge in [-0.3, -0.25) is 4.90 Å². The first-order valence-electron chi connectivity index (χ1n) is 14.2. The number of hydrogen-bond donors (Lipinski definition) is 2. The number of likely N-dealkylation sites (tertiary alicyclic amines) is 1. The van der Waals surface area contributed by atoms with E-state index >= 15 is 4.39 Å². The van der Waals surface area contributed by atoms with Gasteiger partial charge in [0.15, 0.2) is 5.82 Å². The number of phenolic OH excluding ortho intramolecular Hbond substituents is 1. The molecule has 4 aliphatic rings. The first kappa shape index (κ1) is 23.4. The number of aromatic nitrogens is 2. The lowest BCUT2D eigenvalue weighted by molar-refractivity contribution is 0.132. The lowest BCUT2D eigenvalue weighted by atomic mass is 9.87. The molecule has 0 radical (unpaired) electrons. The van der Waals surface area contributed by atoms with Gasteiger partial charge in [0.1, 0.15) is 17.1 Å². The van der Waals surface area contributed by atoms with Crippen LogP contribution in [0.2, 0.25) is 0 Å². The Morgan fingerprint density at radius 1 is 0.949 bits per heavy atom. The number of piperazine rings is 1. The van der Waals surface area contributed by atoms with Gasteiger partial charge in [-0.1, -0.05) is 30.3 Å². The Hall–Kier alpha value is -3.49. The highest BCUT2D eigenvalue weighted by Gasteiger charge is 2.49. The molecule has 2 N–H and O–H groups in total. The van der Waals surface area contributed by atoms with Crippen LogP contribution >= 0.6 is 0 Å². The third-order valence-corrected chi connectivity index (χ3v) is 9.63. The molecule has 0 aliphatic carbocycles. The number of halogens is 1. The van der Waals surface area contributed by atoms with E-state index in [1.165, 1.54) is 25.7 Å². The molecule has 4 aromatic rings. The van der Waals surface area contributed by atoms with Crippen molar-refractivity contribution in [1.29, 1.82) is 0 Å². The van der Waals surface area contributed by atoms with Crippen molar-refractivity contribution >= 4 is 33.4 Å². The van der Waals surface area contributed by atoms with Crippen molar-refractivity contribution < 1.29 is 9.50 Å². The predicted octanol–water partition coefficient (Wildman–Crippen LogP) is 4.52. The van der Waals surface area contributed by atoms with Crippen molar-refractivity contribution in [3.63, 3.8) is 0 Å². The summed E-state index contributed by atoms with van der Waals surface area (Å²) in [5.41, 5.74) is 1.66. The minimum Gasteiger partial charge on any atom is -0.508 e. The lowest BCUT2D eigenvalue weighted by Gasteiger charge is -2.52. The van der Waals surface area contributed by atoms with E-state index in [1.807, 2.05) is 36.4 Å². The van der Waals surface area contributed by atoms with E-state index in [4.69, 9.17) is 9.97 Å². The maximum absolute atomic E-state index is 16.6. The molecule has 2 bridgehead atoms. The fourth-order valence-corrected chi connectivity index (χ4v) is 7.49. The van der Waals surface area contributed by atoms with Crippen LogP contribution in [0.15, 0.2) is 48.5 Å². The van der Waals surface area contributed by atoms with Gasteiger partial charge in [-0.2, -0.15) is 4.98 Å². The van der Waals surface area contributed by atoms with Gasteiger partial charge in [0.2, 0.25) is 5.95 Å². The van der Waals surface area contributed by atoms with Crippen LogP contribution in [0.3, 0.4) is 0 Å². The standard InChI is InChI=1S/C31H33FN6O/c1-36-12-4-11-31(36)17-38(18-31)30-34-28-25(29(35-30)37-15-20-7-8-21(16-37)33-20)10-9-24(27(28)32)26-14-22(39)13-19-5-2-3-6-23(19)26/h2-3,5-6,9-10,13-14,20-21,33,39H,4,7-8,11-12,15-18H2,1H3/t20-,21+. The zero-order valence-electron chi connectivity index (χ0n) is 22.2. The normalized spacial score (nSPS) is 24.3. The molecule has 0 unspecified atom stereocenters. The first-order chi connectivity index (χ1) is 19.0. The number of rotatable bonds is 3. The number of likely N-dealkylation sites (N-methyl/N-ethyl adjacent to an activating group) is 1. The van der Waals surface area contributed by atoms with Crippen LogP contribution in [0.4, 0.5) is 16.2 Å². The summed E-state index contributed by atoms with van der Waals surface area (Å²) in [5, 5.41) is 16.7. The van der Waals surface area contributed by atoms with Crippen molar-refractivity contribution in [3.8, 4) is 16.9 Å². The zero-order valence-corrected chi connectivity index (χ0v) is 22.2. The number of fused-ring (bicyclic) bond motifs is 4. The van der Waals surface area contributed by atoms with E-state index in [-0.39, 0.29) is 17.1 Å². The average Bonchev–Trinajstić information content (AvgIpc) is 3.47. The molecule has 4 saturated heterocycles. The Balaban J connectivity index is 1.28. The van der Waals surface area contributed by atoms with Gasteiger partial charge in [0.25, 0.3) is 0 Å². The second-order valence-electron chi connectivity index (χ2n) is 12.0. The highest BCUT2D eigenvalue weighted by molar-refractivity contribution is 6.01. The van der Waals surface area contributed by atoms with Crippen molar-refractivity contribution in [2.24, 2.45) is 0 Å². The maximum atomic E-state index is 16.6. The third kappa shape index (κ3) is 3.61. The third-order valence-electron chi connectivity index (χ3n) is 9.63. The summed E-state index contributed by atoms with van der Waals surface area (Å²) in [4.78, 5) is 17.0. The van der Waals surface area contributed by atoms with Crippen molar-refractivity contribution in [2.75, 3.05) is 49.6 Å². The van der Waals surface area contributed by atoms with Gasteiger partial charge >= 0.3 is 0 Å². The monoisotopic (exact) mass is 524 g/mol. The minimum absolute atomic E-state index is 0.120. The molecular weight excluding hydrogens is 491 g/mol. The van der Waals surface area contributed by atoms with Crippen molar-refractivity contribution in [3.05, 3.63) is 54.3 Å². The predicted molar refractivity (Wildman–Crippen MR) is 153 cm³/mol. The van der Waals surface area contributed by atoms with Gasteiger partial charge in [0.05, 0.1) is 5.54 Å². The summed E-state index contributed by atoms with van der Waals surface area (Å²) in [7, 11) is 2.21. The SMILES string of the molecule is CN1CCCC12CN(c1nc(N3C[C@H]4CC[C@@H](C3)N4)c3ccc(-c4cc(O)cc5ccccc45)c(F)c3n1)C2. The van der Waals surface area contributed by atoms with E-state index < -0.39 is 0 Å². The maximum Gasteiger partial charge on any atom is 0.228 e. The van der Waals surface area contributed by atoms with Crippen LogP contribution < -0.4 is 15.1 Å². The molecule has 2 atom stereocenters. The van der Waals surface area contributed by atoms with Crippen LogP contribution in [0, 0.1) is 5.82 Å². The highest BCUT2D eigenvalue weighted by Crippen LogP contribution is 2.42. The molecule has 3 aromatic carbocycles. The topological polar surface area (TPSA) is 67.8 Å². The molecular formula is C31H33FN6O. The second kappa shape index (κ2) is 8.50. The Labute approximate surface area is 227 Å². The van der Waals surface area contributed by atoms with E-state index in [0.29, 0.717) is 34.7 Å². The number of nitrogens with one attached hydrogen (secondary N) is 1. The fourth-order valence-electron chi connectivity index (χ4n) is 7.49. The lowest BCUT2D eigenvalue weighted by Crippen LogP contribution is -2.67. The number of phenols is 1. The largest absolute Gasteiger partial charge is 0.508 e. The van der Waals surface area contributed by atoms with Crippen molar-refractivity contribution in [2.45, 2.75) is 43.3 Å². The zero-order chi connectivity index (χ0) is 26.3. The van der Waals surface area contributed by atoms with Crippen molar-refractivity contribution in [1.82, 2.24) is 20.2 Å². The molecule has 4 fully saturated rings. The van der Waals surface area contributed by atoms with Gasteiger partial charge in [0, 0.05) is 49.2 Å². The molecule has 39 heavy (non-hydrogen) atoms. The summed E-state index contributed by atoms with van der Waals surface area (Å²) in [6.07, 6.45) is 4.74. The highest BCUT2D eigenvalue weighted by atomic mass is 19.1. The molecule has 200 valence electrons. The number of hydrogen-bond acceptors (Lipinski definition) is 7. The Bertz CT molecular complexity index is 1610. The summed E-state index contributed by atoms with van der Waals surface area (Å²) in [6.45, 7) is 4.61. The molecule has 5 heterocycles. The Morgan fingerprint density at radius 2 is 1.74 bits per heavy atom. The number of anilines is 2. The molecule has 7 nitrogen and oxygen atoms in total. The molecule has 1 spiro atoms. The summed E-state index contributed by atoms with van der Waals surface area (Å²) in [6, 6.07) is 15.8. The van der Waals surface area contributed by atoms with E-state index in [0.717, 1.165) is 54.7 Å². The Morgan fingerprint density at radius 3 is 2.51 bits per heavy atom. The summed E-state index contributed by atoms with van der Waals surface area (Å²) in [5.74, 6) is 1.21. The quantitative estimate of drug-likeness (QED) is 0.409. The van der Waals surface area contributed by atoms with Crippen LogP contribution in [0.5, 0.6) is 5.75 Å². The smallest absolute Gasteiger partial charge is 0.228 e. The molecule has 0 amide bonds. The molecule has 0 saturated carbocycles. The summed E-state index contributed by atoms with van der Waals surface area (Å²) < 4.78 is 16.6. The second-order valence-corrected chi connectivity index (χ2v) is 12.0. The van der Waals surface area contributed by atoms with E-state index in [1.54, 1.807) is 12.1 Å². The van der Waals surface area contributed by atoms with Gasteiger partial charge in [-0.05, 0) is 73.8 Å². The minimum atomic E-state index is -0.362. The fraction of sp³-hybridized carbons (Fsp3) is 0.419. The number of aromatic hydroxyl groups is 1. The van der Waals surface area contributed by atoms with Gasteiger partial charge in [-0.15, -0.1) is 0 Å². The Kier molecular flexibility index (Phi) is 5.10. The number of benzene rings is 3. The number of nitrogens with zero attached hydrogens (tertiary/aromatic N) is 5. The molecule has 1 aromatic heterocycles. The van der Waals surface area contributed by atoms with Crippen LogP contribution in [0.1, 0.15) is 25.7 Å². The van der Waals surface area contributed by atoms with Gasteiger partial charge in [-0.25, -0.2) is 9.37 Å². The molecule has 8 heteroatoms. The first-order valence-corrected chi connectivity index (χ1v) is 14.2. The molecule has 4 aliphatic heterocycles. The van der Waals surface area contributed by atoms with E-state index in [2.05, 4.69) is 27.1 Å². The van der Waals surface area contributed by atoms with Gasteiger partial charge < -0.3 is 20.2 Å². The average molecular weight is 525 g/mol. The molecule has 8 rings (SSSR count). The van der Waals surface area contributed by atoms with Crippen LogP contribution in [-0.4, -0.2) is 77.4 Å². The van der Waals surface area contributed by atoms with E-state index in [9.17, 15) is 5.11 Å². The van der Waals surface area contributed by atoms with Crippen LogP contribution in [-0.2, 0) is 0 Å². The summed E-state index contributed by atoms with van der Waals surface area (Å²) >= 11 is 0. The van der Waals surface area contributed by atoms with Crippen LogP contribution in [0.25, 0.3) is 32.8 Å².